The van der Waals surface area contributed by atoms with Gasteiger partial charge in [-0.2, -0.15) is 10.1 Å². The molecule has 2 amide bonds. The zero-order valence-electron chi connectivity index (χ0n) is 13.5. The van der Waals surface area contributed by atoms with E-state index in [1.807, 2.05) is 25.1 Å². The number of para-hydroxylation sites is 1. The van der Waals surface area contributed by atoms with Crippen molar-refractivity contribution in [2.24, 2.45) is 5.10 Å². The summed E-state index contributed by atoms with van der Waals surface area (Å²) in [5, 5.41) is 8.21. The molecule has 25 heavy (non-hydrogen) atoms. The maximum atomic E-state index is 12.6. The van der Waals surface area contributed by atoms with E-state index in [2.05, 4.69) is 26.3 Å². The number of carbonyl (C=O) groups is 2. The van der Waals surface area contributed by atoms with Crippen LogP contribution in [-0.2, 0) is 4.79 Å². The van der Waals surface area contributed by atoms with Gasteiger partial charge in [0.2, 0.25) is 0 Å². The molecule has 0 saturated carbocycles. The molecule has 1 aliphatic rings. The van der Waals surface area contributed by atoms with Crippen molar-refractivity contribution >= 4 is 39.3 Å². The van der Waals surface area contributed by atoms with Gasteiger partial charge in [0.1, 0.15) is 11.6 Å². The highest BCUT2D eigenvalue weighted by atomic mass is 79.9. The van der Waals surface area contributed by atoms with Crippen molar-refractivity contribution in [3.63, 3.8) is 0 Å². The van der Waals surface area contributed by atoms with E-state index in [4.69, 9.17) is 4.74 Å². The number of nitrogens with zero attached hydrogens (tertiary/aromatic N) is 2. The van der Waals surface area contributed by atoms with E-state index >= 15 is 0 Å². The van der Waals surface area contributed by atoms with Crippen LogP contribution in [0.15, 0.2) is 58.1 Å². The van der Waals surface area contributed by atoms with Crippen molar-refractivity contribution in [1.82, 2.24) is 5.32 Å². The van der Waals surface area contributed by atoms with Gasteiger partial charge in [0.25, 0.3) is 11.8 Å². The highest BCUT2D eigenvalue weighted by Gasteiger charge is 2.27. The number of ether oxygens (including phenoxy) is 1. The Balaban J connectivity index is 1.80. The van der Waals surface area contributed by atoms with E-state index in [0.717, 1.165) is 4.47 Å². The largest absolute Gasteiger partial charge is 0.493 e. The summed E-state index contributed by atoms with van der Waals surface area (Å²) in [6.07, 6.45) is 0.0403. The van der Waals surface area contributed by atoms with Gasteiger partial charge in [0, 0.05) is 4.47 Å². The lowest BCUT2D eigenvalue weighted by Gasteiger charge is -2.11. The third-order valence-corrected chi connectivity index (χ3v) is 4.01. The fourth-order valence-corrected chi connectivity index (χ4v) is 2.79. The molecular formula is C18H16BrN3O3. The quantitative estimate of drug-likeness (QED) is 0.853. The third kappa shape index (κ3) is 3.88. The Morgan fingerprint density at radius 2 is 2.04 bits per heavy atom. The first kappa shape index (κ1) is 17.2. The summed E-state index contributed by atoms with van der Waals surface area (Å²) in [6, 6.07) is 14.3. The average molecular weight is 402 g/mol. The Labute approximate surface area is 153 Å². The molecule has 1 N–H and O–H groups in total. The number of amides is 2. The summed E-state index contributed by atoms with van der Waals surface area (Å²) in [6.45, 7) is 2.30. The molecule has 0 unspecified atom stereocenters. The minimum absolute atomic E-state index is 0.0403. The number of benzene rings is 2. The first-order valence-electron chi connectivity index (χ1n) is 7.77. The van der Waals surface area contributed by atoms with Crippen LogP contribution >= 0.6 is 15.9 Å². The van der Waals surface area contributed by atoms with Crippen LogP contribution in [0.5, 0.6) is 5.75 Å². The monoisotopic (exact) mass is 401 g/mol. The molecule has 0 atom stereocenters. The fourth-order valence-electron chi connectivity index (χ4n) is 2.43. The van der Waals surface area contributed by atoms with Gasteiger partial charge in [-0.25, -0.2) is 0 Å². The van der Waals surface area contributed by atoms with Crippen LogP contribution in [0, 0.1) is 0 Å². The molecule has 0 aromatic heterocycles. The number of nitrogens with one attached hydrogen (secondary N) is 1. The van der Waals surface area contributed by atoms with Crippen LogP contribution in [0.3, 0.4) is 0 Å². The molecule has 1 heterocycles. The number of hydrogen-bond donors (Lipinski definition) is 1. The molecule has 6 nitrogen and oxygen atoms in total. The zero-order chi connectivity index (χ0) is 17.8. The molecule has 0 fully saturated rings. The van der Waals surface area contributed by atoms with E-state index in [-0.39, 0.29) is 18.2 Å². The van der Waals surface area contributed by atoms with Crippen LogP contribution in [0.1, 0.15) is 23.7 Å². The SMILES string of the molecule is CCOc1ccc(Br)cc1C(=O)NC1=NN(c2ccccc2)C(=O)C1. The summed E-state index contributed by atoms with van der Waals surface area (Å²) in [5.74, 6) is 0.223. The maximum Gasteiger partial charge on any atom is 0.260 e. The molecule has 2 aromatic rings. The molecule has 0 spiro atoms. The van der Waals surface area contributed by atoms with Crippen molar-refractivity contribution in [2.75, 3.05) is 11.6 Å². The number of anilines is 1. The number of rotatable bonds is 4. The smallest absolute Gasteiger partial charge is 0.260 e. The van der Waals surface area contributed by atoms with E-state index < -0.39 is 0 Å². The molecule has 1 aliphatic heterocycles. The lowest BCUT2D eigenvalue weighted by atomic mass is 10.2. The minimum Gasteiger partial charge on any atom is -0.493 e. The Bertz CT molecular complexity index is 837. The highest BCUT2D eigenvalue weighted by molar-refractivity contribution is 9.10. The van der Waals surface area contributed by atoms with E-state index in [0.29, 0.717) is 29.4 Å². The predicted octanol–water partition coefficient (Wildman–Crippen LogP) is 3.33. The third-order valence-electron chi connectivity index (χ3n) is 3.52. The van der Waals surface area contributed by atoms with Crippen molar-refractivity contribution < 1.29 is 14.3 Å². The Morgan fingerprint density at radius 1 is 1.28 bits per heavy atom. The van der Waals surface area contributed by atoms with Crippen molar-refractivity contribution in [1.29, 1.82) is 0 Å². The Hall–Kier alpha value is -2.67. The van der Waals surface area contributed by atoms with Crippen LogP contribution < -0.4 is 15.1 Å². The molecule has 0 aliphatic carbocycles. The molecule has 2 aromatic carbocycles. The lowest BCUT2D eigenvalue weighted by Crippen LogP contribution is -2.30. The van der Waals surface area contributed by atoms with Crippen LogP contribution in [-0.4, -0.2) is 24.3 Å². The summed E-state index contributed by atoms with van der Waals surface area (Å²) >= 11 is 3.35. The molecule has 0 radical (unpaired) electrons. The first-order chi connectivity index (χ1) is 12.1. The zero-order valence-corrected chi connectivity index (χ0v) is 15.1. The first-order valence-corrected chi connectivity index (χ1v) is 8.57. The van der Waals surface area contributed by atoms with Gasteiger partial charge in [0.15, 0.2) is 0 Å². The summed E-state index contributed by atoms with van der Waals surface area (Å²) in [5.41, 5.74) is 1.04. The van der Waals surface area contributed by atoms with Gasteiger partial charge in [-0.15, -0.1) is 0 Å². The van der Waals surface area contributed by atoms with Crippen LogP contribution in [0.4, 0.5) is 5.69 Å². The van der Waals surface area contributed by atoms with Gasteiger partial charge in [0.05, 0.1) is 24.3 Å². The molecule has 0 bridgehead atoms. The maximum absolute atomic E-state index is 12.6. The van der Waals surface area contributed by atoms with Crippen molar-refractivity contribution in [2.45, 2.75) is 13.3 Å². The van der Waals surface area contributed by atoms with E-state index in [9.17, 15) is 9.59 Å². The normalized spacial score (nSPS) is 13.6. The van der Waals surface area contributed by atoms with E-state index in [1.54, 1.807) is 30.3 Å². The molecular weight excluding hydrogens is 386 g/mol. The molecule has 7 heteroatoms. The summed E-state index contributed by atoms with van der Waals surface area (Å²) < 4.78 is 6.25. The number of carbonyl (C=O) groups excluding carboxylic acids is 2. The van der Waals surface area contributed by atoms with Crippen LogP contribution in [0.25, 0.3) is 0 Å². The summed E-state index contributed by atoms with van der Waals surface area (Å²) in [4.78, 5) is 24.7. The number of hydrogen-bond acceptors (Lipinski definition) is 4. The Morgan fingerprint density at radius 3 is 2.76 bits per heavy atom. The van der Waals surface area contributed by atoms with Gasteiger partial charge >= 0.3 is 0 Å². The summed E-state index contributed by atoms with van der Waals surface area (Å²) in [7, 11) is 0. The molecule has 3 rings (SSSR count). The second-order valence-electron chi connectivity index (χ2n) is 5.29. The number of hydrazone groups is 1. The van der Waals surface area contributed by atoms with Gasteiger partial charge in [-0.05, 0) is 37.3 Å². The highest BCUT2D eigenvalue weighted by Crippen LogP contribution is 2.24. The topological polar surface area (TPSA) is 71.0 Å². The van der Waals surface area contributed by atoms with E-state index in [1.165, 1.54) is 5.01 Å². The molecule has 128 valence electrons. The molecule has 0 saturated heterocycles. The lowest BCUT2D eigenvalue weighted by molar-refractivity contribution is -0.116. The van der Waals surface area contributed by atoms with Crippen LogP contribution in [0.2, 0.25) is 0 Å². The number of amidine groups is 1. The Kier molecular flexibility index (Phi) is 5.14. The van der Waals surface area contributed by atoms with Crippen molar-refractivity contribution in [3.05, 3.63) is 58.6 Å². The average Bonchev–Trinajstić information content (AvgIpc) is 2.97. The number of halogens is 1. The predicted molar refractivity (Wildman–Crippen MR) is 98.8 cm³/mol. The van der Waals surface area contributed by atoms with Gasteiger partial charge in [-0.3, -0.25) is 9.59 Å². The van der Waals surface area contributed by atoms with Gasteiger partial charge < -0.3 is 10.1 Å². The second-order valence-corrected chi connectivity index (χ2v) is 6.21. The minimum atomic E-state index is -0.369. The van der Waals surface area contributed by atoms with Crippen molar-refractivity contribution in [3.8, 4) is 5.75 Å². The fraction of sp³-hybridized carbons (Fsp3) is 0.167. The second kappa shape index (κ2) is 7.48. The van der Waals surface area contributed by atoms with Gasteiger partial charge in [-0.1, -0.05) is 34.1 Å². The standard InChI is InChI=1S/C18H16BrN3O3/c1-2-25-15-9-8-12(19)10-14(15)18(24)20-16-11-17(23)22(21-16)13-6-4-3-5-7-13/h3-10H,2,11H2,1H3,(H,20,21,24).